The van der Waals surface area contributed by atoms with E-state index >= 15 is 0 Å². The van der Waals surface area contributed by atoms with Gasteiger partial charge in [-0.1, -0.05) is 72.8 Å². The van der Waals surface area contributed by atoms with E-state index in [1.54, 1.807) is 0 Å². The highest BCUT2D eigenvalue weighted by atomic mass is 16.3. The Hall–Kier alpha value is -2.89. The van der Waals surface area contributed by atoms with Crippen molar-refractivity contribution in [3.05, 3.63) is 107 Å². The van der Waals surface area contributed by atoms with E-state index < -0.39 is 6.10 Å². The topological polar surface area (TPSA) is 44.0 Å². The number of aliphatic hydroxyl groups is 1. The number of hydrogen-bond donors (Lipinski definition) is 1. The second-order valence-electron chi connectivity index (χ2n) is 5.89. The molecule has 3 aromatic carbocycles. The molecular formula is C22H19NO. The molecule has 3 aromatic rings. The van der Waals surface area contributed by atoms with Gasteiger partial charge in [-0.25, -0.2) is 0 Å². The van der Waals surface area contributed by atoms with E-state index in [4.69, 9.17) is 5.26 Å². The van der Waals surface area contributed by atoms with E-state index in [0.29, 0.717) is 5.56 Å². The van der Waals surface area contributed by atoms with Crippen molar-refractivity contribution in [1.29, 1.82) is 5.26 Å². The molecule has 0 heterocycles. The fourth-order valence-corrected chi connectivity index (χ4v) is 2.97. The summed E-state index contributed by atoms with van der Waals surface area (Å²) in [6.07, 6.45) is 0.141. The van der Waals surface area contributed by atoms with E-state index in [1.807, 2.05) is 72.8 Å². The average molecular weight is 313 g/mol. The molecule has 0 fully saturated rings. The molecule has 0 amide bonds. The van der Waals surface area contributed by atoms with Gasteiger partial charge in [0.05, 0.1) is 17.7 Å². The molecule has 0 spiro atoms. The minimum absolute atomic E-state index is 0.0671. The van der Waals surface area contributed by atoms with Crippen LogP contribution in [0.3, 0.4) is 0 Å². The Bertz CT molecular complexity index is 804. The lowest BCUT2D eigenvalue weighted by atomic mass is 9.84. The van der Waals surface area contributed by atoms with Crippen molar-refractivity contribution < 1.29 is 5.11 Å². The number of rotatable bonds is 5. The molecule has 24 heavy (non-hydrogen) atoms. The van der Waals surface area contributed by atoms with Crippen molar-refractivity contribution >= 4 is 0 Å². The maximum atomic E-state index is 11.0. The monoisotopic (exact) mass is 313 g/mol. The third-order valence-corrected chi connectivity index (χ3v) is 4.29. The van der Waals surface area contributed by atoms with E-state index in [-0.39, 0.29) is 5.92 Å². The van der Waals surface area contributed by atoms with Crippen LogP contribution in [0.15, 0.2) is 84.9 Å². The molecule has 0 saturated carbocycles. The number of nitriles is 1. The highest BCUT2D eigenvalue weighted by Gasteiger charge is 2.23. The Morgan fingerprint density at radius 2 is 1.33 bits per heavy atom. The van der Waals surface area contributed by atoms with Gasteiger partial charge in [-0.15, -0.1) is 0 Å². The van der Waals surface area contributed by atoms with Gasteiger partial charge in [0, 0.05) is 5.92 Å². The first-order valence-corrected chi connectivity index (χ1v) is 8.05. The van der Waals surface area contributed by atoms with Crippen LogP contribution in [0.1, 0.15) is 34.3 Å². The fourth-order valence-electron chi connectivity index (χ4n) is 2.97. The van der Waals surface area contributed by atoms with Crippen LogP contribution < -0.4 is 0 Å². The molecule has 2 heteroatoms. The van der Waals surface area contributed by atoms with Crippen LogP contribution in [-0.4, -0.2) is 5.11 Å². The van der Waals surface area contributed by atoms with E-state index in [0.717, 1.165) is 17.5 Å². The molecule has 0 saturated heterocycles. The smallest absolute Gasteiger partial charge is 0.0991 e. The van der Waals surface area contributed by atoms with Gasteiger partial charge < -0.3 is 5.11 Å². The predicted molar refractivity (Wildman–Crippen MR) is 95.4 cm³/mol. The molecule has 2 nitrogen and oxygen atoms in total. The summed E-state index contributed by atoms with van der Waals surface area (Å²) in [5.74, 6) is -0.0671. The van der Waals surface area contributed by atoms with Gasteiger partial charge in [-0.05, 0) is 35.2 Å². The lowest BCUT2D eigenvalue weighted by Gasteiger charge is -2.24. The summed E-state index contributed by atoms with van der Waals surface area (Å²) in [5, 5.41) is 19.9. The van der Waals surface area contributed by atoms with Crippen molar-refractivity contribution in [3.8, 4) is 6.07 Å². The summed E-state index contributed by atoms with van der Waals surface area (Å²) in [6.45, 7) is 0. The van der Waals surface area contributed by atoms with E-state index in [1.165, 1.54) is 5.56 Å². The number of hydrogen-bond acceptors (Lipinski definition) is 2. The van der Waals surface area contributed by atoms with Gasteiger partial charge in [0.15, 0.2) is 0 Å². The van der Waals surface area contributed by atoms with Crippen molar-refractivity contribution in [2.24, 2.45) is 0 Å². The molecule has 0 aliphatic rings. The second kappa shape index (κ2) is 7.59. The molecule has 3 rings (SSSR count). The first kappa shape index (κ1) is 16.0. The maximum absolute atomic E-state index is 11.0. The summed E-state index contributed by atoms with van der Waals surface area (Å²) in [7, 11) is 0. The van der Waals surface area contributed by atoms with Crippen LogP contribution in [-0.2, 0) is 6.42 Å². The minimum Gasteiger partial charge on any atom is -0.388 e. The molecule has 0 aliphatic carbocycles. The zero-order chi connectivity index (χ0) is 16.8. The zero-order valence-electron chi connectivity index (χ0n) is 13.3. The fraction of sp³-hybridized carbons (Fsp3) is 0.136. The Morgan fingerprint density at radius 3 is 1.92 bits per heavy atom. The lowest BCUT2D eigenvalue weighted by Crippen LogP contribution is -2.14. The first-order valence-electron chi connectivity index (χ1n) is 8.05. The van der Waals surface area contributed by atoms with Crippen LogP contribution in [0.5, 0.6) is 0 Å². The number of nitrogens with zero attached hydrogens (tertiary/aromatic N) is 1. The number of benzene rings is 3. The van der Waals surface area contributed by atoms with Gasteiger partial charge in [0.2, 0.25) is 0 Å². The molecule has 118 valence electrons. The van der Waals surface area contributed by atoms with Crippen LogP contribution in [0, 0.1) is 11.3 Å². The average Bonchev–Trinajstić information content (AvgIpc) is 2.67. The van der Waals surface area contributed by atoms with Gasteiger partial charge in [-0.2, -0.15) is 5.26 Å². The van der Waals surface area contributed by atoms with Crippen LogP contribution in [0.2, 0.25) is 0 Å². The van der Waals surface area contributed by atoms with Crippen molar-refractivity contribution in [3.63, 3.8) is 0 Å². The van der Waals surface area contributed by atoms with Gasteiger partial charge in [-0.3, -0.25) is 0 Å². The molecular weight excluding hydrogens is 294 g/mol. The maximum Gasteiger partial charge on any atom is 0.0991 e. The summed E-state index contributed by atoms with van der Waals surface area (Å²) in [6, 6.07) is 29.6. The minimum atomic E-state index is -0.598. The van der Waals surface area contributed by atoms with E-state index in [9.17, 15) is 5.11 Å². The Balaban J connectivity index is 1.95. The Morgan fingerprint density at radius 1 is 0.750 bits per heavy atom. The molecule has 0 radical (unpaired) electrons. The van der Waals surface area contributed by atoms with Crippen LogP contribution >= 0.6 is 0 Å². The summed E-state index contributed by atoms with van der Waals surface area (Å²) < 4.78 is 0. The Labute approximate surface area is 142 Å². The van der Waals surface area contributed by atoms with Crippen LogP contribution in [0.25, 0.3) is 0 Å². The summed E-state index contributed by atoms with van der Waals surface area (Å²) in [4.78, 5) is 0. The van der Waals surface area contributed by atoms with Crippen molar-refractivity contribution in [2.45, 2.75) is 18.4 Å². The lowest BCUT2D eigenvalue weighted by molar-refractivity contribution is 0.144. The third kappa shape index (κ3) is 3.71. The standard InChI is InChI=1S/C22H19NO/c23-16-18-11-13-19(14-12-18)21(15-17-7-3-1-4-8-17)22(24)20-9-5-2-6-10-20/h1-14,21-22,24H,15H2. The number of aliphatic hydroxyl groups excluding tert-OH is 1. The Kier molecular flexibility index (Phi) is 5.05. The largest absolute Gasteiger partial charge is 0.388 e. The first-order chi connectivity index (χ1) is 11.8. The normalized spacial score (nSPS) is 13.0. The highest BCUT2D eigenvalue weighted by Crippen LogP contribution is 2.34. The molecule has 1 N–H and O–H groups in total. The van der Waals surface area contributed by atoms with Crippen LogP contribution in [0.4, 0.5) is 0 Å². The SMILES string of the molecule is N#Cc1ccc(C(Cc2ccccc2)C(O)c2ccccc2)cc1. The molecule has 0 aliphatic heterocycles. The third-order valence-electron chi connectivity index (χ3n) is 4.29. The summed E-state index contributed by atoms with van der Waals surface area (Å²) >= 11 is 0. The highest BCUT2D eigenvalue weighted by molar-refractivity contribution is 5.35. The predicted octanol–water partition coefficient (Wildman–Crippen LogP) is 4.62. The van der Waals surface area contributed by atoms with Gasteiger partial charge in [0.1, 0.15) is 0 Å². The zero-order valence-corrected chi connectivity index (χ0v) is 13.3. The van der Waals surface area contributed by atoms with E-state index in [2.05, 4.69) is 18.2 Å². The molecule has 0 bridgehead atoms. The van der Waals surface area contributed by atoms with Crippen molar-refractivity contribution in [2.75, 3.05) is 0 Å². The second-order valence-corrected chi connectivity index (χ2v) is 5.89. The molecule has 2 atom stereocenters. The van der Waals surface area contributed by atoms with Crippen molar-refractivity contribution in [1.82, 2.24) is 0 Å². The molecule has 2 unspecified atom stereocenters. The molecule has 0 aromatic heterocycles. The van der Waals surface area contributed by atoms with Gasteiger partial charge >= 0.3 is 0 Å². The quantitative estimate of drug-likeness (QED) is 0.747. The summed E-state index contributed by atoms with van der Waals surface area (Å²) in [5.41, 5.74) is 3.75. The van der Waals surface area contributed by atoms with Gasteiger partial charge in [0.25, 0.3) is 0 Å².